The van der Waals surface area contributed by atoms with E-state index in [4.69, 9.17) is 17.0 Å². The van der Waals surface area contributed by atoms with Crippen LogP contribution in [0.25, 0.3) is 0 Å². The molecule has 0 saturated carbocycles. The predicted molar refractivity (Wildman–Crippen MR) is 74.6 cm³/mol. The lowest BCUT2D eigenvalue weighted by Crippen LogP contribution is -2.32. The summed E-state index contributed by atoms with van der Waals surface area (Å²) in [6, 6.07) is 7.71. The van der Waals surface area contributed by atoms with E-state index in [0.717, 1.165) is 23.6 Å². The number of ether oxygens (including phenoxy) is 1. The summed E-state index contributed by atoms with van der Waals surface area (Å²) in [6.45, 7) is 4.68. The predicted octanol–water partition coefficient (Wildman–Crippen LogP) is 1.90. The monoisotopic (exact) mass is 251 g/mol. The van der Waals surface area contributed by atoms with Gasteiger partial charge in [0.2, 0.25) is 0 Å². The molecule has 4 nitrogen and oxygen atoms in total. The molecule has 0 aliphatic rings. The number of nitrogens with zero attached hydrogens (tertiary/aromatic N) is 1. The van der Waals surface area contributed by atoms with Gasteiger partial charge in [-0.1, -0.05) is 0 Å². The lowest BCUT2D eigenvalue weighted by molar-refractivity contribution is 0.415. The van der Waals surface area contributed by atoms with Crippen LogP contribution in [0.4, 0.5) is 0 Å². The van der Waals surface area contributed by atoms with Crippen LogP contribution in [0.15, 0.2) is 29.4 Å². The maximum Gasteiger partial charge on any atom is 0.186 e. The number of methoxy groups -OCH3 is 1. The average molecular weight is 251 g/mol. The molecule has 0 aliphatic heterocycles. The Balaban J connectivity index is 2.64. The van der Waals surface area contributed by atoms with Crippen molar-refractivity contribution >= 4 is 23.0 Å². The van der Waals surface area contributed by atoms with Gasteiger partial charge in [0.25, 0.3) is 0 Å². The second-order valence-corrected chi connectivity index (χ2v) is 3.81. The molecule has 0 heterocycles. The van der Waals surface area contributed by atoms with Crippen molar-refractivity contribution in [1.82, 2.24) is 10.7 Å². The fraction of sp³-hybridized carbons (Fsp3) is 0.333. The van der Waals surface area contributed by atoms with Crippen LogP contribution in [-0.2, 0) is 0 Å². The lowest BCUT2D eigenvalue weighted by Gasteiger charge is -2.06. The van der Waals surface area contributed by atoms with E-state index in [-0.39, 0.29) is 0 Å². The molecule has 0 atom stereocenters. The topological polar surface area (TPSA) is 45.7 Å². The Morgan fingerprint density at radius 1 is 1.35 bits per heavy atom. The number of nitrogens with one attached hydrogen (secondary N) is 2. The Hall–Kier alpha value is -1.62. The van der Waals surface area contributed by atoms with Crippen LogP contribution in [0.2, 0.25) is 0 Å². The van der Waals surface area contributed by atoms with Gasteiger partial charge in [-0.15, -0.1) is 0 Å². The summed E-state index contributed by atoms with van der Waals surface area (Å²) in [5, 5.41) is 7.68. The van der Waals surface area contributed by atoms with Crippen molar-refractivity contribution < 1.29 is 4.74 Å². The van der Waals surface area contributed by atoms with Gasteiger partial charge in [0.05, 0.1) is 12.8 Å². The molecular formula is C12H17N3OS. The van der Waals surface area contributed by atoms with Crippen molar-refractivity contribution in [2.75, 3.05) is 13.7 Å². The molecule has 17 heavy (non-hydrogen) atoms. The van der Waals surface area contributed by atoms with E-state index in [0.29, 0.717) is 5.11 Å². The van der Waals surface area contributed by atoms with E-state index in [9.17, 15) is 0 Å². The highest BCUT2D eigenvalue weighted by Gasteiger charge is 1.98. The molecule has 0 amide bonds. The first-order chi connectivity index (χ1) is 8.17. The Morgan fingerprint density at radius 2 is 2.00 bits per heavy atom. The van der Waals surface area contributed by atoms with E-state index in [1.807, 2.05) is 38.1 Å². The first kappa shape index (κ1) is 13.4. The second kappa shape index (κ2) is 6.85. The van der Waals surface area contributed by atoms with Crippen LogP contribution in [0, 0.1) is 0 Å². The van der Waals surface area contributed by atoms with E-state index < -0.39 is 0 Å². The smallest absolute Gasteiger partial charge is 0.186 e. The molecular weight excluding hydrogens is 234 g/mol. The minimum atomic E-state index is 0.528. The number of thiocarbonyl (C=S) groups is 1. The minimum absolute atomic E-state index is 0.528. The van der Waals surface area contributed by atoms with Crippen LogP contribution in [-0.4, -0.2) is 24.5 Å². The molecule has 92 valence electrons. The molecule has 0 aliphatic carbocycles. The van der Waals surface area contributed by atoms with Gasteiger partial charge in [-0.25, -0.2) is 0 Å². The van der Waals surface area contributed by atoms with Gasteiger partial charge in [0, 0.05) is 6.54 Å². The Labute approximate surface area is 107 Å². The van der Waals surface area contributed by atoms with Gasteiger partial charge in [0.1, 0.15) is 5.75 Å². The Kier molecular flexibility index (Phi) is 5.42. The molecule has 0 aromatic heterocycles. The molecule has 1 aromatic carbocycles. The molecule has 2 N–H and O–H groups in total. The van der Waals surface area contributed by atoms with Gasteiger partial charge < -0.3 is 10.1 Å². The molecule has 1 aromatic rings. The maximum atomic E-state index is 5.09. The first-order valence-corrected chi connectivity index (χ1v) is 5.80. The standard InChI is InChI=1S/C12H17N3OS/c1-4-13-12(17)15-14-9(2)10-5-7-11(16-3)8-6-10/h5-8H,4H2,1-3H3,(H2,13,15,17). The van der Waals surface area contributed by atoms with Crippen LogP contribution in [0.3, 0.4) is 0 Å². The highest BCUT2D eigenvalue weighted by molar-refractivity contribution is 7.80. The highest BCUT2D eigenvalue weighted by atomic mass is 32.1. The summed E-state index contributed by atoms with van der Waals surface area (Å²) >= 11 is 5.01. The van der Waals surface area contributed by atoms with Crippen LogP contribution in [0.1, 0.15) is 19.4 Å². The van der Waals surface area contributed by atoms with E-state index in [1.165, 1.54) is 0 Å². The summed E-state index contributed by atoms with van der Waals surface area (Å²) in [5.41, 5.74) is 4.68. The molecule has 0 bridgehead atoms. The van der Waals surface area contributed by atoms with Crippen LogP contribution >= 0.6 is 12.2 Å². The number of hydrogen-bond donors (Lipinski definition) is 2. The van der Waals surface area contributed by atoms with Crippen molar-refractivity contribution in [2.45, 2.75) is 13.8 Å². The minimum Gasteiger partial charge on any atom is -0.497 e. The number of rotatable bonds is 4. The summed E-state index contributed by atoms with van der Waals surface area (Å²) < 4.78 is 5.09. The van der Waals surface area contributed by atoms with Crippen molar-refractivity contribution in [3.8, 4) is 5.75 Å². The van der Waals surface area contributed by atoms with Crippen molar-refractivity contribution in [3.63, 3.8) is 0 Å². The van der Waals surface area contributed by atoms with Crippen molar-refractivity contribution in [3.05, 3.63) is 29.8 Å². The van der Waals surface area contributed by atoms with Gasteiger partial charge in [-0.3, -0.25) is 5.43 Å². The number of benzene rings is 1. The highest BCUT2D eigenvalue weighted by Crippen LogP contribution is 2.11. The fourth-order valence-corrected chi connectivity index (χ4v) is 1.42. The Morgan fingerprint density at radius 3 is 2.53 bits per heavy atom. The first-order valence-electron chi connectivity index (χ1n) is 5.40. The molecule has 1 rings (SSSR count). The summed E-state index contributed by atoms with van der Waals surface area (Å²) in [7, 11) is 1.65. The molecule has 5 heteroatoms. The number of hydrogen-bond acceptors (Lipinski definition) is 3. The summed E-state index contributed by atoms with van der Waals surface area (Å²) in [4.78, 5) is 0. The van der Waals surface area contributed by atoms with E-state index in [2.05, 4.69) is 15.8 Å². The second-order valence-electron chi connectivity index (χ2n) is 3.40. The van der Waals surface area contributed by atoms with Gasteiger partial charge in [0.15, 0.2) is 5.11 Å². The van der Waals surface area contributed by atoms with E-state index >= 15 is 0 Å². The van der Waals surface area contributed by atoms with E-state index in [1.54, 1.807) is 7.11 Å². The van der Waals surface area contributed by atoms with Gasteiger partial charge >= 0.3 is 0 Å². The maximum absolute atomic E-state index is 5.09. The van der Waals surface area contributed by atoms with Gasteiger partial charge in [-0.05, 0) is 55.9 Å². The molecule has 0 radical (unpaired) electrons. The van der Waals surface area contributed by atoms with Crippen molar-refractivity contribution in [1.29, 1.82) is 0 Å². The van der Waals surface area contributed by atoms with Gasteiger partial charge in [-0.2, -0.15) is 5.10 Å². The normalized spacial score (nSPS) is 10.9. The third-order valence-corrected chi connectivity index (χ3v) is 2.41. The summed E-state index contributed by atoms with van der Waals surface area (Å²) in [6.07, 6.45) is 0. The third kappa shape index (κ3) is 4.40. The zero-order valence-electron chi connectivity index (χ0n) is 10.3. The molecule has 0 unspecified atom stereocenters. The molecule has 0 fully saturated rings. The molecule has 0 spiro atoms. The largest absolute Gasteiger partial charge is 0.497 e. The van der Waals surface area contributed by atoms with Crippen LogP contribution in [0.5, 0.6) is 5.75 Å². The van der Waals surface area contributed by atoms with Crippen molar-refractivity contribution in [2.24, 2.45) is 5.10 Å². The zero-order valence-corrected chi connectivity index (χ0v) is 11.1. The van der Waals surface area contributed by atoms with Crippen LogP contribution < -0.4 is 15.5 Å². The molecule has 0 saturated heterocycles. The average Bonchev–Trinajstić information content (AvgIpc) is 2.36. The Bertz CT molecular complexity index is 401. The third-order valence-electron chi connectivity index (χ3n) is 2.17. The number of hydrazone groups is 1. The zero-order chi connectivity index (χ0) is 12.7. The lowest BCUT2D eigenvalue weighted by atomic mass is 10.1. The summed E-state index contributed by atoms with van der Waals surface area (Å²) in [5.74, 6) is 0.831. The quantitative estimate of drug-likeness (QED) is 0.487. The SMILES string of the molecule is CCNC(=S)NN=C(C)c1ccc(OC)cc1. The fourth-order valence-electron chi connectivity index (χ4n) is 1.23.